The van der Waals surface area contributed by atoms with Gasteiger partial charge in [0.05, 0.1) is 33.9 Å². The Morgan fingerprint density at radius 3 is 2.59 bits per heavy atom. The minimum Gasteiger partial charge on any atom is -0.466 e. The van der Waals surface area contributed by atoms with Gasteiger partial charge in [-0.2, -0.15) is 13.2 Å². The Labute approximate surface area is 185 Å². The molecule has 0 bridgehead atoms. The molecule has 0 N–H and O–H groups in total. The first kappa shape index (κ1) is 21.4. The van der Waals surface area contributed by atoms with Gasteiger partial charge < -0.3 is 14.5 Å². The molecule has 1 unspecified atom stereocenters. The van der Waals surface area contributed by atoms with Crippen LogP contribution >= 0.6 is 11.3 Å². The molecule has 11 heteroatoms. The van der Waals surface area contributed by atoms with Crippen LogP contribution in [0.2, 0.25) is 0 Å². The van der Waals surface area contributed by atoms with Gasteiger partial charge in [-0.1, -0.05) is 0 Å². The molecule has 3 fully saturated rings. The highest BCUT2D eigenvalue weighted by Gasteiger charge is 2.71. The lowest BCUT2D eigenvalue weighted by Crippen LogP contribution is -2.65. The Kier molecular flexibility index (Phi) is 4.71. The van der Waals surface area contributed by atoms with Crippen molar-refractivity contribution in [1.29, 1.82) is 0 Å². The number of anilines is 1. The number of amides is 1. The van der Waals surface area contributed by atoms with Gasteiger partial charge in [-0.15, -0.1) is 11.3 Å². The third-order valence-corrected chi connectivity index (χ3v) is 7.80. The fourth-order valence-corrected chi connectivity index (χ4v) is 5.91. The van der Waals surface area contributed by atoms with E-state index in [-0.39, 0.29) is 39.1 Å². The van der Waals surface area contributed by atoms with E-state index in [9.17, 15) is 27.2 Å². The van der Waals surface area contributed by atoms with Crippen molar-refractivity contribution in [2.75, 3.05) is 37.7 Å². The Balaban J connectivity index is 1.42. The molecule has 32 heavy (non-hydrogen) atoms. The minimum atomic E-state index is -4.57. The molecule has 5 rings (SSSR count). The molecule has 1 saturated carbocycles. The number of nitrogens with zero attached hydrogens (tertiary/aromatic N) is 3. The smallest absolute Gasteiger partial charge is 0.403 e. The number of rotatable bonds is 4. The van der Waals surface area contributed by atoms with Gasteiger partial charge in [0.15, 0.2) is 0 Å². The summed E-state index contributed by atoms with van der Waals surface area (Å²) in [6, 6.07) is 2.71. The van der Waals surface area contributed by atoms with Crippen LogP contribution in [-0.4, -0.2) is 60.7 Å². The second kappa shape index (κ2) is 7.03. The summed E-state index contributed by atoms with van der Waals surface area (Å²) in [5.41, 5.74) is -0.299. The third kappa shape index (κ3) is 3.07. The maximum absolute atomic E-state index is 14.2. The molecule has 2 aliphatic heterocycles. The van der Waals surface area contributed by atoms with Crippen LogP contribution in [0.4, 0.5) is 23.2 Å². The Morgan fingerprint density at radius 1 is 1.25 bits per heavy atom. The van der Waals surface area contributed by atoms with E-state index >= 15 is 0 Å². The summed E-state index contributed by atoms with van der Waals surface area (Å²) in [5, 5.41) is 0. The van der Waals surface area contributed by atoms with Gasteiger partial charge in [0.2, 0.25) is 5.91 Å². The van der Waals surface area contributed by atoms with Crippen LogP contribution in [-0.2, 0) is 14.3 Å². The van der Waals surface area contributed by atoms with E-state index in [4.69, 9.17) is 4.74 Å². The monoisotopic (exact) mass is 471 g/mol. The van der Waals surface area contributed by atoms with E-state index in [1.54, 1.807) is 12.4 Å². The minimum absolute atomic E-state index is 0.0464. The lowest BCUT2D eigenvalue weighted by atomic mass is 9.71. The van der Waals surface area contributed by atoms with Crippen LogP contribution in [0.1, 0.15) is 19.8 Å². The normalized spacial score (nSPS) is 23.5. The highest BCUT2D eigenvalue weighted by Crippen LogP contribution is 2.60. The lowest BCUT2D eigenvalue weighted by Gasteiger charge is -2.51. The molecule has 3 aliphatic rings. The van der Waals surface area contributed by atoms with E-state index in [0.717, 1.165) is 4.70 Å². The molecule has 1 spiro atoms. The van der Waals surface area contributed by atoms with Crippen molar-refractivity contribution in [2.24, 2.45) is 16.7 Å². The largest absolute Gasteiger partial charge is 0.466 e. The summed E-state index contributed by atoms with van der Waals surface area (Å²) in [5.74, 6) is -2.44. The lowest BCUT2D eigenvalue weighted by molar-refractivity contribution is -0.206. The van der Waals surface area contributed by atoms with Crippen LogP contribution in [0.5, 0.6) is 0 Å². The highest BCUT2D eigenvalue weighted by molar-refractivity contribution is 7.17. The number of hydrogen-bond acceptors (Lipinski definition) is 6. The first-order valence-electron chi connectivity index (χ1n) is 10.4. The van der Waals surface area contributed by atoms with E-state index < -0.39 is 40.6 Å². The van der Waals surface area contributed by atoms with Crippen LogP contribution in [0.3, 0.4) is 0 Å². The maximum Gasteiger partial charge on any atom is 0.403 e. The van der Waals surface area contributed by atoms with E-state index in [1.807, 2.05) is 4.90 Å². The van der Waals surface area contributed by atoms with Gasteiger partial charge in [-0.3, -0.25) is 9.59 Å². The summed E-state index contributed by atoms with van der Waals surface area (Å²) in [7, 11) is 0. The average Bonchev–Trinajstić information content (AvgIpc) is 3.23. The molecule has 1 aliphatic carbocycles. The molecular formula is C21H21F4N3O3S. The zero-order valence-electron chi connectivity index (χ0n) is 17.2. The quantitative estimate of drug-likeness (QED) is 0.504. The number of alkyl halides is 3. The molecule has 1 atom stereocenters. The number of likely N-dealkylation sites (tertiary alicyclic amines) is 1. The fraction of sp³-hybridized carbons (Fsp3) is 0.571. The van der Waals surface area contributed by atoms with Gasteiger partial charge in [-0.05, 0) is 25.8 Å². The Hall–Kier alpha value is -2.43. The number of carbonyl (C=O) groups is 2. The number of benzene rings is 1. The van der Waals surface area contributed by atoms with Gasteiger partial charge in [-0.25, -0.2) is 9.37 Å². The Morgan fingerprint density at radius 2 is 1.97 bits per heavy atom. The predicted octanol–water partition coefficient (Wildman–Crippen LogP) is 3.61. The molecule has 1 aromatic carbocycles. The number of ether oxygens (including phenoxy) is 1. The van der Waals surface area contributed by atoms with Crippen LogP contribution in [0.15, 0.2) is 17.6 Å². The molecule has 172 valence electrons. The average molecular weight is 471 g/mol. The summed E-state index contributed by atoms with van der Waals surface area (Å²) in [6.45, 7) is 2.50. The third-order valence-electron chi connectivity index (χ3n) is 6.94. The second-order valence-electron chi connectivity index (χ2n) is 8.91. The van der Waals surface area contributed by atoms with Gasteiger partial charge in [0, 0.05) is 37.7 Å². The van der Waals surface area contributed by atoms with Gasteiger partial charge in [0.1, 0.15) is 11.2 Å². The number of carbonyl (C=O) groups excluding carboxylic acids is 2. The van der Waals surface area contributed by atoms with Crippen LogP contribution < -0.4 is 4.90 Å². The topological polar surface area (TPSA) is 62.7 Å². The summed E-state index contributed by atoms with van der Waals surface area (Å²) >= 11 is 1.35. The molecule has 2 saturated heterocycles. The first-order chi connectivity index (χ1) is 15.1. The van der Waals surface area contributed by atoms with E-state index in [1.165, 1.54) is 28.4 Å². The standard InChI is InChI=1S/C21H21F4N3O3S/c1-2-31-17(29)13-7-27(15-6-12(22)5-14-16(15)32-11-26-14)8-19(13)9-28(10-19)18(30)20(3-4-20)21(23,24)25/h5-6,11,13H,2-4,7-10H2,1H3. The predicted molar refractivity (Wildman–Crippen MR) is 109 cm³/mol. The highest BCUT2D eigenvalue weighted by atomic mass is 32.1. The fourth-order valence-electron chi connectivity index (χ4n) is 5.10. The van der Waals surface area contributed by atoms with Crippen molar-refractivity contribution < 1.29 is 31.9 Å². The number of fused-ring (bicyclic) bond motifs is 1. The van der Waals surface area contributed by atoms with Crippen molar-refractivity contribution >= 4 is 39.1 Å². The molecule has 0 radical (unpaired) electrons. The molecule has 1 amide bonds. The van der Waals surface area contributed by atoms with Crippen molar-refractivity contribution in [1.82, 2.24) is 9.88 Å². The maximum atomic E-state index is 14.2. The molecule has 2 aromatic rings. The molecular weight excluding hydrogens is 450 g/mol. The number of esters is 1. The molecule has 3 heterocycles. The summed E-state index contributed by atoms with van der Waals surface area (Å²) in [4.78, 5) is 32.6. The van der Waals surface area contributed by atoms with Gasteiger partial charge in [0.25, 0.3) is 0 Å². The van der Waals surface area contributed by atoms with Crippen LogP contribution in [0.25, 0.3) is 10.2 Å². The summed E-state index contributed by atoms with van der Waals surface area (Å²) < 4.78 is 60.4. The van der Waals surface area contributed by atoms with Crippen molar-refractivity contribution in [2.45, 2.75) is 25.9 Å². The van der Waals surface area contributed by atoms with Crippen molar-refractivity contribution in [3.05, 3.63) is 23.5 Å². The van der Waals surface area contributed by atoms with E-state index in [0.29, 0.717) is 17.7 Å². The van der Waals surface area contributed by atoms with Crippen LogP contribution in [0, 0.1) is 22.6 Å². The van der Waals surface area contributed by atoms with Gasteiger partial charge >= 0.3 is 12.1 Å². The van der Waals surface area contributed by atoms with E-state index in [2.05, 4.69) is 4.98 Å². The zero-order chi connectivity index (χ0) is 22.9. The SMILES string of the molecule is CCOC(=O)C1CN(c2cc(F)cc3ncsc23)CC12CN(C(=O)C1(C(F)(F)F)CC1)C2. The van der Waals surface area contributed by atoms with Crippen molar-refractivity contribution in [3.63, 3.8) is 0 Å². The second-order valence-corrected chi connectivity index (χ2v) is 9.77. The molecule has 1 aromatic heterocycles. The zero-order valence-corrected chi connectivity index (χ0v) is 18.1. The summed E-state index contributed by atoms with van der Waals surface area (Å²) in [6.07, 6.45) is -4.97. The van der Waals surface area contributed by atoms with Crippen molar-refractivity contribution in [3.8, 4) is 0 Å². The number of aromatic nitrogens is 1. The number of thiazole rings is 1. The number of hydrogen-bond donors (Lipinski definition) is 0. The molecule has 6 nitrogen and oxygen atoms in total. The Bertz CT molecular complexity index is 1090. The number of halogens is 4. The first-order valence-corrected chi connectivity index (χ1v) is 11.3.